The number of ether oxygens (including phenoxy) is 2. The molecule has 0 aliphatic carbocycles. The van der Waals surface area contributed by atoms with E-state index < -0.39 is 6.16 Å². The van der Waals surface area contributed by atoms with Gasteiger partial charge in [0.25, 0.3) is 0 Å². The molecule has 0 aliphatic rings. The van der Waals surface area contributed by atoms with Crippen LogP contribution >= 0.6 is 0 Å². The first kappa shape index (κ1) is 11.4. The number of carbonyl (C=O) groups is 1. The molecule has 0 fully saturated rings. The third-order valence-corrected chi connectivity index (χ3v) is 1.83. The molecule has 0 amide bonds. The summed E-state index contributed by atoms with van der Waals surface area (Å²) in [5.41, 5.74) is 0. The van der Waals surface area contributed by atoms with Gasteiger partial charge >= 0.3 is 6.16 Å². The Balaban J connectivity index is 2.24. The first-order valence-electron chi connectivity index (χ1n) is 4.76. The molecule has 4 nitrogen and oxygen atoms in total. The van der Waals surface area contributed by atoms with Crippen LogP contribution in [0, 0.1) is 0 Å². The maximum Gasteiger partial charge on any atom is 0.505 e. The number of hydrogen-bond donors (Lipinski definition) is 1. The van der Waals surface area contributed by atoms with Gasteiger partial charge in [-0.3, -0.25) is 0 Å². The molecule has 0 radical (unpaired) electrons. The zero-order valence-corrected chi connectivity index (χ0v) is 8.55. The number of para-hydroxylation sites is 1. The molecule has 1 unspecified atom stereocenters. The van der Waals surface area contributed by atoms with Gasteiger partial charge in [0.1, 0.15) is 5.75 Å². The van der Waals surface area contributed by atoms with E-state index >= 15 is 0 Å². The molecule has 0 bridgehead atoms. The molecule has 82 valence electrons. The summed E-state index contributed by atoms with van der Waals surface area (Å²) in [5, 5.41) is 8.25. The summed E-state index contributed by atoms with van der Waals surface area (Å²) in [6.07, 6.45) is -0.769. The monoisotopic (exact) mass is 210 g/mol. The molecule has 1 aromatic rings. The number of carboxylic acid groups (broad SMARTS) is 1. The normalized spacial score (nSPS) is 11.8. The standard InChI is InChI=1S/C11H14O4/c1-9(7-8-14-11(12)13)15-10-5-3-2-4-6-10/h2-6,9H,7-8H2,1H3,(H,12,13). The van der Waals surface area contributed by atoms with Crippen molar-refractivity contribution in [2.45, 2.75) is 19.4 Å². The van der Waals surface area contributed by atoms with Crippen LogP contribution in [0.2, 0.25) is 0 Å². The van der Waals surface area contributed by atoms with Crippen LogP contribution in [0.15, 0.2) is 30.3 Å². The van der Waals surface area contributed by atoms with Crippen molar-refractivity contribution in [2.24, 2.45) is 0 Å². The predicted octanol–water partition coefficient (Wildman–Crippen LogP) is 2.54. The van der Waals surface area contributed by atoms with Crippen LogP contribution in [0.1, 0.15) is 13.3 Å². The van der Waals surface area contributed by atoms with Crippen molar-refractivity contribution < 1.29 is 19.4 Å². The fourth-order valence-corrected chi connectivity index (χ4v) is 1.10. The highest BCUT2D eigenvalue weighted by atomic mass is 16.7. The van der Waals surface area contributed by atoms with Crippen LogP contribution in [0.3, 0.4) is 0 Å². The summed E-state index contributed by atoms with van der Waals surface area (Å²) >= 11 is 0. The van der Waals surface area contributed by atoms with Crippen molar-refractivity contribution in [3.05, 3.63) is 30.3 Å². The Kier molecular flexibility index (Phi) is 4.47. The van der Waals surface area contributed by atoms with Crippen molar-refractivity contribution in [1.29, 1.82) is 0 Å². The molecule has 1 rings (SSSR count). The SMILES string of the molecule is CC(CCOC(=O)O)Oc1ccccc1. The van der Waals surface area contributed by atoms with Crippen LogP contribution < -0.4 is 4.74 Å². The van der Waals surface area contributed by atoms with Gasteiger partial charge in [-0.25, -0.2) is 4.79 Å². The van der Waals surface area contributed by atoms with Crippen LogP contribution in [0.4, 0.5) is 4.79 Å². The van der Waals surface area contributed by atoms with Crippen molar-refractivity contribution in [3.63, 3.8) is 0 Å². The fourth-order valence-electron chi connectivity index (χ4n) is 1.10. The average molecular weight is 210 g/mol. The number of benzene rings is 1. The van der Waals surface area contributed by atoms with E-state index in [1.807, 2.05) is 37.3 Å². The van der Waals surface area contributed by atoms with E-state index in [0.29, 0.717) is 6.42 Å². The van der Waals surface area contributed by atoms with Crippen molar-refractivity contribution in [2.75, 3.05) is 6.61 Å². The Labute approximate surface area is 88.4 Å². The largest absolute Gasteiger partial charge is 0.505 e. The first-order chi connectivity index (χ1) is 7.18. The molecular formula is C11H14O4. The van der Waals surface area contributed by atoms with Gasteiger partial charge in [-0.05, 0) is 19.1 Å². The Hall–Kier alpha value is -1.71. The average Bonchev–Trinajstić information content (AvgIpc) is 2.18. The zero-order chi connectivity index (χ0) is 11.1. The maximum atomic E-state index is 10.1. The minimum Gasteiger partial charge on any atom is -0.491 e. The lowest BCUT2D eigenvalue weighted by molar-refractivity contribution is 0.0784. The van der Waals surface area contributed by atoms with Crippen molar-refractivity contribution in [1.82, 2.24) is 0 Å². The molecule has 0 saturated heterocycles. The molecule has 0 spiro atoms. The fraction of sp³-hybridized carbons (Fsp3) is 0.364. The van der Waals surface area contributed by atoms with Gasteiger partial charge in [0.2, 0.25) is 0 Å². The van der Waals surface area contributed by atoms with Gasteiger partial charge in [0.15, 0.2) is 0 Å². The molecule has 0 aromatic heterocycles. The van der Waals surface area contributed by atoms with Crippen LogP contribution in [0.5, 0.6) is 5.75 Å². The van der Waals surface area contributed by atoms with Gasteiger partial charge < -0.3 is 14.6 Å². The predicted molar refractivity (Wildman–Crippen MR) is 55.1 cm³/mol. The number of rotatable bonds is 5. The second-order valence-electron chi connectivity index (χ2n) is 3.14. The molecule has 1 aromatic carbocycles. The highest BCUT2D eigenvalue weighted by molar-refractivity contribution is 5.56. The van der Waals surface area contributed by atoms with E-state index in [4.69, 9.17) is 9.84 Å². The van der Waals surface area contributed by atoms with E-state index in [9.17, 15) is 4.79 Å². The first-order valence-corrected chi connectivity index (χ1v) is 4.76. The van der Waals surface area contributed by atoms with E-state index in [2.05, 4.69) is 4.74 Å². The molecular weight excluding hydrogens is 196 g/mol. The van der Waals surface area contributed by atoms with Gasteiger partial charge in [-0.15, -0.1) is 0 Å². The topological polar surface area (TPSA) is 55.8 Å². The van der Waals surface area contributed by atoms with Gasteiger partial charge in [-0.1, -0.05) is 18.2 Å². The smallest absolute Gasteiger partial charge is 0.491 e. The minimum atomic E-state index is -1.25. The molecule has 4 heteroatoms. The van der Waals surface area contributed by atoms with Crippen LogP contribution in [0.25, 0.3) is 0 Å². The Morgan fingerprint density at radius 1 is 1.40 bits per heavy atom. The van der Waals surface area contributed by atoms with Gasteiger partial charge in [0.05, 0.1) is 12.7 Å². The lowest BCUT2D eigenvalue weighted by Crippen LogP contribution is -2.15. The van der Waals surface area contributed by atoms with E-state index in [1.165, 1.54) is 0 Å². The molecule has 1 N–H and O–H groups in total. The zero-order valence-electron chi connectivity index (χ0n) is 8.55. The van der Waals surface area contributed by atoms with Crippen molar-refractivity contribution in [3.8, 4) is 5.75 Å². The lowest BCUT2D eigenvalue weighted by atomic mass is 10.3. The highest BCUT2D eigenvalue weighted by Crippen LogP contribution is 2.12. The molecule has 1 atom stereocenters. The molecule has 0 aliphatic heterocycles. The summed E-state index contributed by atoms with van der Waals surface area (Å²) in [6, 6.07) is 9.39. The molecule has 0 heterocycles. The molecule has 0 saturated carbocycles. The van der Waals surface area contributed by atoms with Gasteiger partial charge in [0, 0.05) is 6.42 Å². The Morgan fingerprint density at radius 2 is 2.07 bits per heavy atom. The summed E-state index contributed by atoms with van der Waals surface area (Å²) in [7, 11) is 0. The number of hydrogen-bond acceptors (Lipinski definition) is 3. The second-order valence-corrected chi connectivity index (χ2v) is 3.14. The van der Waals surface area contributed by atoms with Crippen LogP contribution in [-0.4, -0.2) is 24.0 Å². The minimum absolute atomic E-state index is 0.0632. The Morgan fingerprint density at radius 3 is 2.67 bits per heavy atom. The van der Waals surface area contributed by atoms with E-state index in [0.717, 1.165) is 5.75 Å². The lowest BCUT2D eigenvalue weighted by Gasteiger charge is -2.13. The third kappa shape index (κ3) is 4.90. The summed E-state index contributed by atoms with van der Waals surface area (Å²) in [6.45, 7) is 2.03. The highest BCUT2D eigenvalue weighted by Gasteiger charge is 2.05. The summed E-state index contributed by atoms with van der Waals surface area (Å²) in [5.74, 6) is 0.778. The third-order valence-electron chi connectivity index (χ3n) is 1.83. The molecule has 15 heavy (non-hydrogen) atoms. The Bertz CT molecular complexity index is 297. The van der Waals surface area contributed by atoms with Gasteiger partial charge in [-0.2, -0.15) is 0 Å². The van der Waals surface area contributed by atoms with E-state index in [-0.39, 0.29) is 12.7 Å². The summed E-state index contributed by atoms with van der Waals surface area (Å²) in [4.78, 5) is 10.1. The van der Waals surface area contributed by atoms with Crippen LogP contribution in [-0.2, 0) is 4.74 Å². The second kappa shape index (κ2) is 5.90. The summed E-state index contributed by atoms with van der Waals surface area (Å²) < 4.78 is 9.91. The maximum absolute atomic E-state index is 10.1. The van der Waals surface area contributed by atoms with Crippen molar-refractivity contribution >= 4 is 6.16 Å². The van der Waals surface area contributed by atoms with E-state index in [1.54, 1.807) is 0 Å². The quantitative estimate of drug-likeness (QED) is 0.759.